The molecule has 3 rings (SSSR count). The Balaban J connectivity index is 2.27. The Morgan fingerprint density at radius 1 is 1.25 bits per heavy atom. The number of nitrogens with one attached hydrogen (secondary N) is 2. The summed E-state index contributed by atoms with van der Waals surface area (Å²) in [6, 6.07) is 11.5. The zero-order chi connectivity index (χ0) is 20.5. The van der Waals surface area contributed by atoms with Gasteiger partial charge in [0.05, 0.1) is 53.6 Å². The minimum atomic E-state index is -1.76. The first-order valence-corrected chi connectivity index (χ1v) is 9.99. The second kappa shape index (κ2) is 7.94. The van der Waals surface area contributed by atoms with Crippen molar-refractivity contribution < 1.29 is 4.90 Å². The maximum atomic E-state index is 10.1. The van der Waals surface area contributed by atoms with Gasteiger partial charge in [0.25, 0.3) is 0 Å². The van der Waals surface area contributed by atoms with Crippen LogP contribution in [0.25, 0.3) is 0 Å². The van der Waals surface area contributed by atoms with Crippen molar-refractivity contribution >= 4 is 28.9 Å². The van der Waals surface area contributed by atoms with Crippen molar-refractivity contribution in [3.8, 4) is 18.2 Å². The number of rotatable bonds is 3. The van der Waals surface area contributed by atoms with Gasteiger partial charge in [-0.15, -0.1) is 0 Å². The molecule has 1 aliphatic heterocycles. The summed E-state index contributed by atoms with van der Waals surface area (Å²) in [6.07, 6.45) is 3.03. The summed E-state index contributed by atoms with van der Waals surface area (Å²) in [7, 11) is 0. The van der Waals surface area contributed by atoms with Crippen LogP contribution in [0.4, 0.5) is 0 Å². The third-order valence-corrected chi connectivity index (χ3v) is 6.71. The van der Waals surface area contributed by atoms with E-state index in [0.717, 1.165) is 25.1 Å². The number of nitrogens with zero attached hydrogens (tertiary/aromatic N) is 3. The molecule has 142 valence electrons. The van der Waals surface area contributed by atoms with Gasteiger partial charge in [-0.3, -0.25) is 0 Å². The van der Waals surface area contributed by atoms with E-state index in [-0.39, 0.29) is 11.6 Å². The summed E-state index contributed by atoms with van der Waals surface area (Å²) in [5.74, 6) is -1.74. The van der Waals surface area contributed by atoms with Crippen LogP contribution in [-0.2, 0) is 0 Å². The lowest BCUT2D eigenvalue weighted by Gasteiger charge is -2.46. The van der Waals surface area contributed by atoms with Crippen LogP contribution in [0.1, 0.15) is 24.8 Å². The third-order valence-electron chi connectivity index (χ3n) is 5.88. The number of fused-ring (bicyclic) bond motifs is 1. The van der Waals surface area contributed by atoms with Gasteiger partial charge in [-0.2, -0.15) is 15.8 Å². The van der Waals surface area contributed by atoms with Gasteiger partial charge in [0.15, 0.2) is 5.41 Å². The fraction of sp³-hybridized carbons (Fsp3) is 0.429. The summed E-state index contributed by atoms with van der Waals surface area (Å²) < 4.78 is 0. The standard InChI is InChI=1S/C21H19Cl2N5/c1-2-7-28-8-6-13-15(9-24)20(27)21(11-25,12-26)18(16(13)10-28)14-4-3-5-17(22)19(14)23/h3-6,15-16,18,27H,2,7-8,10H2,1H3/p+1/t15?,16-,18+/m1/s1. The maximum absolute atomic E-state index is 10.1. The number of benzene rings is 1. The summed E-state index contributed by atoms with van der Waals surface area (Å²) >= 11 is 12.7. The molecule has 7 heteroatoms. The molecular formula is C21H20Cl2N5+. The molecule has 28 heavy (non-hydrogen) atoms. The molecule has 0 spiro atoms. The zero-order valence-electron chi connectivity index (χ0n) is 15.5. The van der Waals surface area contributed by atoms with Gasteiger partial charge in [-0.05, 0) is 29.7 Å². The van der Waals surface area contributed by atoms with Crippen molar-refractivity contribution in [1.29, 1.82) is 21.2 Å². The Morgan fingerprint density at radius 3 is 2.57 bits per heavy atom. The monoisotopic (exact) mass is 412 g/mol. The number of nitriles is 3. The molecular weight excluding hydrogens is 393 g/mol. The summed E-state index contributed by atoms with van der Waals surface area (Å²) in [4.78, 5) is 1.33. The first kappa shape index (κ1) is 20.4. The van der Waals surface area contributed by atoms with Crippen molar-refractivity contribution in [3.05, 3.63) is 45.5 Å². The highest BCUT2D eigenvalue weighted by molar-refractivity contribution is 6.42. The Hall–Kier alpha value is -2.36. The van der Waals surface area contributed by atoms with Gasteiger partial charge >= 0.3 is 0 Å². The highest BCUT2D eigenvalue weighted by atomic mass is 35.5. The van der Waals surface area contributed by atoms with Crippen LogP contribution < -0.4 is 4.90 Å². The second-order valence-electron chi connectivity index (χ2n) is 7.35. The number of hydrogen-bond acceptors (Lipinski definition) is 4. The molecule has 1 aliphatic carbocycles. The van der Waals surface area contributed by atoms with Crippen molar-refractivity contribution in [2.75, 3.05) is 19.6 Å². The van der Waals surface area contributed by atoms with Crippen LogP contribution in [0.15, 0.2) is 29.8 Å². The van der Waals surface area contributed by atoms with Gasteiger partial charge in [0, 0.05) is 11.8 Å². The SMILES string of the molecule is CCC[NH+]1CC=C2C(C#N)C(=N)C(C#N)(C#N)[C@@H](c3cccc(Cl)c3Cl)[C@@H]2C1. The largest absolute Gasteiger partial charge is 0.331 e. The van der Waals surface area contributed by atoms with E-state index < -0.39 is 17.3 Å². The normalized spacial score (nSPS) is 28.3. The number of hydrogen-bond donors (Lipinski definition) is 2. The molecule has 0 saturated heterocycles. The first-order valence-electron chi connectivity index (χ1n) is 9.23. The van der Waals surface area contributed by atoms with Crippen LogP contribution in [0.5, 0.6) is 0 Å². The summed E-state index contributed by atoms with van der Waals surface area (Å²) in [6.45, 7) is 4.52. The molecule has 1 fully saturated rings. The minimum Gasteiger partial charge on any atom is -0.331 e. The van der Waals surface area contributed by atoms with Crippen molar-refractivity contribution in [2.45, 2.75) is 19.3 Å². The average molecular weight is 413 g/mol. The molecule has 2 aliphatic rings. The number of quaternary nitrogens is 1. The Kier molecular flexibility index (Phi) is 5.78. The Bertz CT molecular complexity index is 948. The molecule has 2 unspecified atom stereocenters. The average Bonchev–Trinajstić information content (AvgIpc) is 2.70. The van der Waals surface area contributed by atoms with Gasteiger partial charge < -0.3 is 10.3 Å². The lowest BCUT2D eigenvalue weighted by molar-refractivity contribution is -0.899. The minimum absolute atomic E-state index is 0.164. The van der Waals surface area contributed by atoms with E-state index >= 15 is 0 Å². The fourth-order valence-corrected chi connectivity index (χ4v) is 5.05. The highest BCUT2D eigenvalue weighted by Crippen LogP contribution is 2.54. The first-order chi connectivity index (χ1) is 13.4. The van der Waals surface area contributed by atoms with Crippen LogP contribution in [0, 0.1) is 56.7 Å². The lowest BCUT2D eigenvalue weighted by Crippen LogP contribution is -3.13. The molecule has 0 amide bonds. The van der Waals surface area contributed by atoms with Crippen molar-refractivity contribution in [2.24, 2.45) is 17.3 Å². The number of halogens is 2. The molecule has 2 N–H and O–H groups in total. The van der Waals surface area contributed by atoms with E-state index in [4.69, 9.17) is 28.6 Å². The molecule has 4 atom stereocenters. The molecule has 1 aromatic rings. The quantitative estimate of drug-likeness (QED) is 0.745. The zero-order valence-corrected chi connectivity index (χ0v) is 17.0. The van der Waals surface area contributed by atoms with Crippen molar-refractivity contribution in [3.63, 3.8) is 0 Å². The maximum Gasteiger partial charge on any atom is 0.190 e. The van der Waals surface area contributed by atoms with E-state index in [9.17, 15) is 15.8 Å². The molecule has 1 saturated carbocycles. The summed E-state index contributed by atoms with van der Waals surface area (Å²) in [5, 5.41) is 39.1. The third kappa shape index (κ3) is 2.99. The van der Waals surface area contributed by atoms with Gasteiger partial charge in [-0.1, -0.05) is 42.3 Å². The smallest absolute Gasteiger partial charge is 0.190 e. The van der Waals surface area contributed by atoms with E-state index in [1.54, 1.807) is 18.2 Å². The molecule has 0 radical (unpaired) electrons. The second-order valence-corrected chi connectivity index (χ2v) is 8.13. The van der Waals surface area contributed by atoms with E-state index in [0.29, 0.717) is 22.2 Å². The predicted octanol–water partition coefficient (Wildman–Crippen LogP) is 3.13. The lowest BCUT2D eigenvalue weighted by atomic mass is 9.54. The fourth-order valence-electron chi connectivity index (χ4n) is 4.62. The van der Waals surface area contributed by atoms with Crippen LogP contribution >= 0.6 is 23.2 Å². The van der Waals surface area contributed by atoms with Gasteiger partial charge in [0.2, 0.25) is 0 Å². The van der Waals surface area contributed by atoms with Gasteiger partial charge in [0.1, 0.15) is 5.92 Å². The van der Waals surface area contributed by atoms with Gasteiger partial charge in [-0.25, -0.2) is 0 Å². The van der Waals surface area contributed by atoms with E-state index in [2.05, 4.69) is 25.1 Å². The Morgan fingerprint density at radius 2 is 1.96 bits per heavy atom. The van der Waals surface area contributed by atoms with E-state index in [1.165, 1.54) is 4.90 Å². The topological polar surface area (TPSA) is 99.7 Å². The molecule has 0 bridgehead atoms. The molecule has 0 aromatic heterocycles. The Labute approximate surface area is 174 Å². The van der Waals surface area contributed by atoms with E-state index in [1.807, 2.05) is 6.08 Å². The molecule has 1 heterocycles. The van der Waals surface area contributed by atoms with Crippen LogP contribution in [0.3, 0.4) is 0 Å². The van der Waals surface area contributed by atoms with Crippen LogP contribution in [0.2, 0.25) is 10.0 Å². The highest BCUT2D eigenvalue weighted by Gasteiger charge is 2.59. The van der Waals surface area contributed by atoms with Crippen LogP contribution in [-0.4, -0.2) is 25.3 Å². The summed E-state index contributed by atoms with van der Waals surface area (Å²) in [5.41, 5.74) is -0.505. The molecule has 1 aromatic carbocycles. The molecule has 5 nitrogen and oxygen atoms in total. The predicted molar refractivity (Wildman–Crippen MR) is 107 cm³/mol. The van der Waals surface area contributed by atoms with Crippen molar-refractivity contribution in [1.82, 2.24) is 0 Å².